The summed E-state index contributed by atoms with van der Waals surface area (Å²) in [6.07, 6.45) is 0. The van der Waals surface area contributed by atoms with Crippen molar-refractivity contribution in [3.05, 3.63) is 35.1 Å². The van der Waals surface area contributed by atoms with Crippen LogP contribution in [0.2, 0.25) is 0 Å². The van der Waals surface area contributed by atoms with Crippen LogP contribution in [-0.4, -0.2) is 7.11 Å². The van der Waals surface area contributed by atoms with E-state index in [1.54, 1.807) is 6.07 Å². The zero-order valence-electron chi connectivity index (χ0n) is 12.9. The van der Waals surface area contributed by atoms with E-state index in [9.17, 15) is 13.2 Å². The Kier molecular flexibility index (Phi) is 5.47. The van der Waals surface area contributed by atoms with Crippen molar-refractivity contribution in [2.24, 2.45) is 0 Å². The number of methoxy groups -OCH3 is 1. The van der Waals surface area contributed by atoms with Gasteiger partial charge >= 0.3 is 0 Å². The lowest BCUT2D eigenvalue weighted by Crippen LogP contribution is -2.03. The molecule has 0 atom stereocenters. The largest absolute Gasteiger partial charge is 0.493 e. The lowest BCUT2D eigenvalue weighted by molar-refractivity contribution is 0.367. The molecule has 0 aliphatic heterocycles. The molecule has 0 fully saturated rings. The Bertz CT molecular complexity index is 654. The molecule has 0 amide bonds. The van der Waals surface area contributed by atoms with Crippen LogP contribution in [0.15, 0.2) is 12.1 Å². The Morgan fingerprint density at radius 1 is 1.00 bits per heavy atom. The SMILES string of the molecule is CC.COc1c(F)c(F)c(F)c2cc(N)cc(C(C)C)c12. The van der Waals surface area contributed by atoms with Crippen LogP contribution in [0.25, 0.3) is 10.8 Å². The van der Waals surface area contributed by atoms with E-state index < -0.39 is 17.5 Å². The zero-order chi connectivity index (χ0) is 16.3. The Labute approximate surface area is 122 Å². The third-order valence-corrected chi connectivity index (χ3v) is 3.07. The summed E-state index contributed by atoms with van der Waals surface area (Å²) >= 11 is 0. The van der Waals surface area contributed by atoms with E-state index in [0.29, 0.717) is 11.3 Å². The monoisotopic (exact) mass is 299 g/mol. The van der Waals surface area contributed by atoms with Crippen LogP contribution in [0.4, 0.5) is 18.9 Å². The van der Waals surface area contributed by atoms with Gasteiger partial charge in [-0.15, -0.1) is 0 Å². The number of halogens is 3. The highest BCUT2D eigenvalue weighted by Crippen LogP contribution is 2.39. The molecule has 2 rings (SSSR count). The fraction of sp³-hybridized carbons (Fsp3) is 0.375. The summed E-state index contributed by atoms with van der Waals surface area (Å²) in [5, 5.41) is 0.155. The molecule has 0 aromatic heterocycles. The highest BCUT2D eigenvalue weighted by atomic mass is 19.2. The predicted octanol–water partition coefficient (Wildman–Crippen LogP) is 5.00. The van der Waals surface area contributed by atoms with Gasteiger partial charge in [-0.05, 0) is 23.6 Å². The molecule has 2 nitrogen and oxygen atoms in total. The summed E-state index contributed by atoms with van der Waals surface area (Å²) < 4.78 is 46.0. The third kappa shape index (κ3) is 2.91. The van der Waals surface area contributed by atoms with Crippen molar-refractivity contribution in [2.75, 3.05) is 12.8 Å². The first kappa shape index (κ1) is 17.1. The molecule has 21 heavy (non-hydrogen) atoms. The number of rotatable bonds is 2. The first-order chi connectivity index (χ1) is 9.88. The van der Waals surface area contributed by atoms with E-state index in [-0.39, 0.29) is 22.4 Å². The molecule has 0 radical (unpaired) electrons. The topological polar surface area (TPSA) is 35.2 Å². The highest BCUT2D eigenvalue weighted by Gasteiger charge is 2.24. The van der Waals surface area contributed by atoms with Crippen molar-refractivity contribution in [1.29, 1.82) is 0 Å². The second-order valence-corrected chi connectivity index (χ2v) is 4.66. The van der Waals surface area contributed by atoms with Gasteiger partial charge in [0.1, 0.15) is 0 Å². The number of nitrogens with two attached hydrogens (primary N) is 1. The van der Waals surface area contributed by atoms with Crippen molar-refractivity contribution >= 4 is 16.5 Å². The van der Waals surface area contributed by atoms with Gasteiger partial charge in [0, 0.05) is 16.5 Å². The van der Waals surface area contributed by atoms with Gasteiger partial charge in [0.05, 0.1) is 7.11 Å². The standard InChI is InChI=1S/C14H14F3NO.C2H6/c1-6(2)8-4-7(18)5-9-10(8)14(19-3)13(17)12(16)11(9)15;1-2/h4-6H,18H2,1-3H3;1-2H3. The molecule has 0 heterocycles. The van der Waals surface area contributed by atoms with E-state index in [0.717, 1.165) is 0 Å². The molecule has 0 aliphatic rings. The Morgan fingerprint density at radius 2 is 1.57 bits per heavy atom. The van der Waals surface area contributed by atoms with Crippen LogP contribution >= 0.6 is 0 Å². The van der Waals surface area contributed by atoms with Crippen LogP contribution in [-0.2, 0) is 0 Å². The van der Waals surface area contributed by atoms with E-state index in [2.05, 4.69) is 0 Å². The molecule has 2 aromatic rings. The van der Waals surface area contributed by atoms with Crippen LogP contribution < -0.4 is 10.5 Å². The highest BCUT2D eigenvalue weighted by molar-refractivity contribution is 5.94. The summed E-state index contributed by atoms with van der Waals surface area (Å²) in [6, 6.07) is 2.90. The van der Waals surface area contributed by atoms with Crippen LogP contribution in [0, 0.1) is 17.5 Å². The van der Waals surface area contributed by atoms with Gasteiger partial charge in [0.25, 0.3) is 0 Å². The molecule has 0 unspecified atom stereocenters. The quantitative estimate of drug-likeness (QED) is 0.626. The van der Waals surface area contributed by atoms with E-state index in [1.165, 1.54) is 13.2 Å². The molecule has 0 aliphatic carbocycles. The third-order valence-electron chi connectivity index (χ3n) is 3.07. The van der Waals surface area contributed by atoms with Crippen molar-refractivity contribution in [3.8, 4) is 5.75 Å². The van der Waals surface area contributed by atoms with Crippen molar-refractivity contribution in [3.63, 3.8) is 0 Å². The normalized spacial score (nSPS) is 10.5. The number of fused-ring (bicyclic) bond motifs is 1. The summed E-state index contributed by atoms with van der Waals surface area (Å²) in [4.78, 5) is 0. The van der Waals surface area contributed by atoms with Crippen LogP contribution in [0.5, 0.6) is 5.75 Å². The van der Waals surface area contributed by atoms with Gasteiger partial charge in [0.2, 0.25) is 5.82 Å². The smallest absolute Gasteiger partial charge is 0.204 e. The molecule has 0 bridgehead atoms. The molecule has 116 valence electrons. The Balaban J connectivity index is 0.00000106. The molecule has 5 heteroatoms. The van der Waals surface area contributed by atoms with Crippen LogP contribution in [0.1, 0.15) is 39.2 Å². The molecule has 0 spiro atoms. The van der Waals surface area contributed by atoms with E-state index >= 15 is 0 Å². The van der Waals surface area contributed by atoms with Crippen molar-refractivity contribution < 1.29 is 17.9 Å². The fourth-order valence-electron chi connectivity index (χ4n) is 2.19. The second-order valence-electron chi connectivity index (χ2n) is 4.66. The average molecular weight is 299 g/mol. The van der Waals surface area contributed by atoms with Gasteiger partial charge in [-0.3, -0.25) is 0 Å². The average Bonchev–Trinajstić information content (AvgIpc) is 2.47. The molecule has 2 aromatic carbocycles. The van der Waals surface area contributed by atoms with E-state index in [4.69, 9.17) is 10.5 Å². The van der Waals surface area contributed by atoms with Crippen molar-refractivity contribution in [1.82, 2.24) is 0 Å². The fourth-order valence-corrected chi connectivity index (χ4v) is 2.19. The number of benzene rings is 2. The number of anilines is 1. The minimum Gasteiger partial charge on any atom is -0.493 e. The lowest BCUT2D eigenvalue weighted by Gasteiger charge is -2.16. The van der Waals surface area contributed by atoms with Gasteiger partial charge in [0.15, 0.2) is 17.4 Å². The first-order valence-electron chi connectivity index (χ1n) is 6.82. The zero-order valence-corrected chi connectivity index (χ0v) is 12.9. The first-order valence-corrected chi connectivity index (χ1v) is 6.82. The number of hydrogen-bond donors (Lipinski definition) is 1. The Morgan fingerprint density at radius 3 is 2.05 bits per heavy atom. The van der Waals surface area contributed by atoms with E-state index in [1.807, 2.05) is 27.7 Å². The lowest BCUT2D eigenvalue weighted by atomic mass is 9.94. The Hall–Kier alpha value is -1.91. The molecule has 0 saturated heterocycles. The molecular weight excluding hydrogens is 279 g/mol. The van der Waals surface area contributed by atoms with Gasteiger partial charge in [-0.2, -0.15) is 4.39 Å². The van der Waals surface area contributed by atoms with Crippen LogP contribution in [0.3, 0.4) is 0 Å². The minimum absolute atomic E-state index is 0.0378. The van der Waals surface area contributed by atoms with Gasteiger partial charge < -0.3 is 10.5 Å². The second kappa shape index (κ2) is 6.70. The summed E-state index contributed by atoms with van der Waals surface area (Å²) in [5.74, 6) is -4.45. The van der Waals surface area contributed by atoms with Gasteiger partial charge in [-0.25, -0.2) is 8.78 Å². The number of hydrogen-bond acceptors (Lipinski definition) is 2. The summed E-state index contributed by atoms with van der Waals surface area (Å²) in [6.45, 7) is 7.71. The van der Waals surface area contributed by atoms with Crippen molar-refractivity contribution in [2.45, 2.75) is 33.6 Å². The maximum Gasteiger partial charge on any atom is 0.204 e. The van der Waals surface area contributed by atoms with Gasteiger partial charge in [-0.1, -0.05) is 27.7 Å². The minimum atomic E-state index is -1.55. The predicted molar refractivity (Wildman–Crippen MR) is 80.2 cm³/mol. The molecule has 0 saturated carbocycles. The summed E-state index contributed by atoms with van der Waals surface area (Å²) in [5.41, 5.74) is 6.60. The maximum absolute atomic E-state index is 13.9. The molecule has 2 N–H and O–H groups in total. The maximum atomic E-state index is 13.9. The number of ether oxygens (including phenoxy) is 1. The summed E-state index contributed by atoms with van der Waals surface area (Å²) in [7, 11) is 1.22. The number of nitrogen functional groups attached to an aromatic ring is 1. The molecular formula is C16H20F3NO.